The third-order valence-electron chi connectivity index (χ3n) is 1.97. The molecule has 0 radical (unpaired) electrons. The van der Waals surface area contributed by atoms with E-state index < -0.39 is 12.8 Å². The molecule has 0 bridgehead atoms. The molecule has 1 heterocycles. The summed E-state index contributed by atoms with van der Waals surface area (Å²) < 4.78 is 35.5. The maximum atomic E-state index is 11.8. The Hall–Kier alpha value is -0.185. The summed E-state index contributed by atoms with van der Waals surface area (Å²) in [6.45, 7) is -1.50. The maximum absolute atomic E-state index is 11.8. The monoisotopic (exact) mass is 152 g/mol. The predicted octanol–water partition coefficient (Wildman–Crippen LogP) is 1.54. The molecule has 0 atom stereocenters. The molecule has 10 heavy (non-hydrogen) atoms. The number of hydrogen-bond acceptors (Lipinski definition) is 1. The Bertz CT molecular complexity index is 119. The quantitative estimate of drug-likeness (QED) is 0.542. The van der Waals surface area contributed by atoms with E-state index in [1.165, 1.54) is 0 Å². The van der Waals surface area contributed by atoms with Crippen LogP contribution < -0.4 is 0 Å². The minimum Gasteiger partial charge on any atom is -0.449 e. The highest BCUT2D eigenvalue weighted by atomic mass is 19.4. The molecule has 0 aliphatic carbocycles. The molecule has 0 aromatic carbocycles. The van der Waals surface area contributed by atoms with Gasteiger partial charge in [-0.25, -0.2) is 0 Å². The fraction of sp³-hybridized carbons (Fsp3) is 1.00. The lowest BCUT2D eigenvalue weighted by Gasteiger charge is -2.44. The summed E-state index contributed by atoms with van der Waals surface area (Å²) in [7, 11) is 0. The fourth-order valence-electron chi connectivity index (χ4n) is 1.11. The van der Waals surface area contributed by atoms with E-state index in [9.17, 15) is 12.9 Å². The summed E-state index contributed by atoms with van der Waals surface area (Å²) in [6.07, 6.45) is 0. The van der Waals surface area contributed by atoms with E-state index in [-0.39, 0.29) is 13.1 Å². The SMILES string of the molecule is CCN1CC([B-](F)(F)F)C1. The highest BCUT2D eigenvalue weighted by molar-refractivity contribution is 6.60. The van der Waals surface area contributed by atoms with Crippen molar-refractivity contribution in [2.24, 2.45) is 0 Å². The topological polar surface area (TPSA) is 3.24 Å². The Balaban J connectivity index is 2.26. The van der Waals surface area contributed by atoms with Gasteiger partial charge in [0.05, 0.1) is 0 Å². The summed E-state index contributed by atoms with van der Waals surface area (Å²) in [4.78, 5) is 1.79. The van der Waals surface area contributed by atoms with E-state index in [0.717, 1.165) is 6.54 Å². The molecule has 0 spiro atoms. The van der Waals surface area contributed by atoms with Gasteiger partial charge in [-0.1, -0.05) is 6.92 Å². The summed E-state index contributed by atoms with van der Waals surface area (Å²) >= 11 is 0. The Morgan fingerprint density at radius 3 is 2.20 bits per heavy atom. The van der Waals surface area contributed by atoms with Gasteiger partial charge < -0.3 is 17.8 Å². The first-order valence-electron chi connectivity index (χ1n) is 3.46. The third-order valence-corrected chi connectivity index (χ3v) is 1.97. The van der Waals surface area contributed by atoms with Gasteiger partial charge in [-0.2, -0.15) is 0 Å². The van der Waals surface area contributed by atoms with Crippen molar-refractivity contribution >= 4 is 6.98 Å². The van der Waals surface area contributed by atoms with Gasteiger partial charge in [0.2, 0.25) is 0 Å². The zero-order valence-electron chi connectivity index (χ0n) is 5.86. The second kappa shape index (κ2) is 2.45. The second-order valence-electron chi connectivity index (χ2n) is 2.74. The van der Waals surface area contributed by atoms with Crippen LogP contribution in [0.4, 0.5) is 12.9 Å². The average Bonchev–Trinajstić information content (AvgIpc) is 1.57. The number of halogens is 3. The normalized spacial score (nSPS) is 22.8. The Morgan fingerprint density at radius 2 is 1.90 bits per heavy atom. The lowest BCUT2D eigenvalue weighted by atomic mass is 9.68. The summed E-state index contributed by atoms with van der Waals surface area (Å²) in [5.74, 6) is -1.00. The van der Waals surface area contributed by atoms with Gasteiger partial charge >= 0.3 is 6.98 Å². The zero-order chi connectivity index (χ0) is 7.78. The van der Waals surface area contributed by atoms with Crippen molar-refractivity contribution in [2.45, 2.75) is 12.7 Å². The van der Waals surface area contributed by atoms with Crippen molar-refractivity contribution in [3.63, 3.8) is 0 Å². The molecular formula is C5H10BF3N-. The van der Waals surface area contributed by atoms with Crippen LogP contribution in [0.15, 0.2) is 0 Å². The van der Waals surface area contributed by atoms with Gasteiger partial charge in [-0.3, -0.25) is 0 Å². The van der Waals surface area contributed by atoms with Gasteiger partial charge in [0.1, 0.15) is 0 Å². The first kappa shape index (κ1) is 7.92. The zero-order valence-corrected chi connectivity index (χ0v) is 5.86. The minimum absolute atomic E-state index is 0.222. The van der Waals surface area contributed by atoms with Crippen molar-refractivity contribution in [3.05, 3.63) is 0 Å². The van der Waals surface area contributed by atoms with Gasteiger partial charge in [0.15, 0.2) is 0 Å². The first-order chi connectivity index (χ1) is 4.54. The first-order valence-corrected chi connectivity index (χ1v) is 3.46. The highest BCUT2D eigenvalue weighted by Gasteiger charge is 2.41. The van der Waals surface area contributed by atoms with Crippen LogP contribution in [0.25, 0.3) is 0 Å². The Kier molecular flexibility index (Phi) is 1.94. The van der Waals surface area contributed by atoms with Crippen LogP contribution in [0.5, 0.6) is 0 Å². The number of nitrogens with zero attached hydrogens (tertiary/aromatic N) is 1. The van der Waals surface area contributed by atoms with E-state index in [1.54, 1.807) is 4.90 Å². The molecule has 1 saturated heterocycles. The third kappa shape index (κ3) is 1.45. The summed E-state index contributed by atoms with van der Waals surface area (Å²) in [5.41, 5.74) is 0. The second-order valence-corrected chi connectivity index (χ2v) is 2.74. The highest BCUT2D eigenvalue weighted by Crippen LogP contribution is 2.34. The summed E-state index contributed by atoms with van der Waals surface area (Å²) in [5, 5.41) is 0. The standard InChI is InChI=1S/C5H10BF3N/c1-2-10-3-5(4-10)6(7,8)9/h5H,2-4H2,1H3/q-1. The van der Waals surface area contributed by atoms with Crippen LogP contribution in [-0.4, -0.2) is 31.5 Å². The Labute approximate surface area is 58.3 Å². The molecule has 5 heteroatoms. The molecule has 0 aromatic heterocycles. The molecule has 1 rings (SSSR count). The lowest BCUT2D eigenvalue weighted by molar-refractivity contribution is 0.163. The molecule has 1 fully saturated rings. The van der Waals surface area contributed by atoms with Crippen LogP contribution in [0.1, 0.15) is 6.92 Å². The van der Waals surface area contributed by atoms with E-state index in [4.69, 9.17) is 0 Å². The van der Waals surface area contributed by atoms with Crippen LogP contribution >= 0.6 is 0 Å². The minimum atomic E-state index is -4.55. The molecule has 0 unspecified atom stereocenters. The van der Waals surface area contributed by atoms with Crippen molar-refractivity contribution in [1.82, 2.24) is 4.90 Å². The largest absolute Gasteiger partial charge is 0.483 e. The van der Waals surface area contributed by atoms with E-state index in [0.29, 0.717) is 0 Å². The van der Waals surface area contributed by atoms with Gasteiger partial charge in [-0.05, 0) is 25.5 Å². The van der Waals surface area contributed by atoms with Crippen molar-refractivity contribution in [2.75, 3.05) is 19.6 Å². The van der Waals surface area contributed by atoms with Crippen LogP contribution in [0.2, 0.25) is 5.82 Å². The van der Waals surface area contributed by atoms with Gasteiger partial charge in [-0.15, -0.1) is 0 Å². The molecule has 1 aliphatic rings. The number of hydrogen-bond donors (Lipinski definition) is 0. The average molecular weight is 152 g/mol. The molecule has 0 aromatic rings. The molecule has 60 valence electrons. The lowest BCUT2D eigenvalue weighted by Crippen LogP contribution is -2.50. The molecule has 1 aliphatic heterocycles. The van der Waals surface area contributed by atoms with E-state index >= 15 is 0 Å². The predicted molar refractivity (Wildman–Crippen MR) is 34.9 cm³/mol. The fourth-order valence-corrected chi connectivity index (χ4v) is 1.11. The maximum Gasteiger partial charge on any atom is 0.483 e. The van der Waals surface area contributed by atoms with Crippen molar-refractivity contribution in [3.8, 4) is 0 Å². The van der Waals surface area contributed by atoms with Crippen molar-refractivity contribution in [1.29, 1.82) is 0 Å². The van der Waals surface area contributed by atoms with Crippen LogP contribution in [-0.2, 0) is 0 Å². The van der Waals surface area contributed by atoms with Crippen LogP contribution in [0.3, 0.4) is 0 Å². The smallest absolute Gasteiger partial charge is 0.449 e. The molecule has 0 amide bonds. The molecule has 0 N–H and O–H groups in total. The Morgan fingerprint density at radius 1 is 1.40 bits per heavy atom. The number of rotatable bonds is 2. The molecule has 1 nitrogen and oxygen atoms in total. The van der Waals surface area contributed by atoms with Gasteiger partial charge in [0.25, 0.3) is 0 Å². The van der Waals surface area contributed by atoms with Crippen LogP contribution in [0, 0.1) is 0 Å². The van der Waals surface area contributed by atoms with E-state index in [2.05, 4.69) is 0 Å². The van der Waals surface area contributed by atoms with E-state index in [1.807, 2.05) is 6.92 Å². The number of likely N-dealkylation sites (tertiary alicyclic amines) is 1. The van der Waals surface area contributed by atoms with Crippen molar-refractivity contribution < 1.29 is 12.9 Å². The van der Waals surface area contributed by atoms with Gasteiger partial charge in [0, 0.05) is 0 Å². The summed E-state index contributed by atoms with van der Waals surface area (Å²) in [6, 6.07) is 0. The molecule has 0 saturated carbocycles. The molecular weight excluding hydrogens is 142 g/mol.